The Hall–Kier alpha value is 0.390. The number of carboxylic acids is 1. The van der Waals surface area contributed by atoms with Gasteiger partial charge in [-0.1, -0.05) is 0 Å². The van der Waals surface area contributed by atoms with Gasteiger partial charge in [-0.15, -0.1) is 0 Å². The molecule has 0 unspecified atom stereocenters. The van der Waals surface area contributed by atoms with Crippen molar-refractivity contribution in [1.82, 2.24) is 0 Å². The second kappa shape index (κ2) is 3.87. The third kappa shape index (κ3) is 3.09. The number of hydrogen-bond donors (Lipinski definition) is 0. The number of carbonyl (C=O) groups excluding carboxylic acids is 1. The first kappa shape index (κ1) is 11.4. The van der Waals surface area contributed by atoms with Gasteiger partial charge in [-0.05, 0) is 13.8 Å². The molecule has 0 bridgehead atoms. The van der Waals surface area contributed by atoms with Gasteiger partial charge in [0.05, 0.1) is 12.6 Å². The Morgan fingerprint density at radius 1 is 1.64 bits per heavy atom. The van der Waals surface area contributed by atoms with Crippen LogP contribution in [0.2, 0.25) is 0 Å². The molecule has 0 aliphatic carbocycles. The molecule has 0 aromatic heterocycles. The summed E-state index contributed by atoms with van der Waals surface area (Å²) >= 11 is 0. The van der Waals surface area contributed by atoms with Gasteiger partial charge in [-0.25, -0.2) is 0 Å². The molecule has 58 valence electrons. The van der Waals surface area contributed by atoms with E-state index in [1.54, 1.807) is 13.8 Å². The van der Waals surface area contributed by atoms with Crippen LogP contribution in [-0.4, -0.2) is 24.5 Å². The predicted molar refractivity (Wildman–Crippen MR) is 29.9 cm³/mol. The van der Waals surface area contributed by atoms with Crippen LogP contribution in [0, 0.1) is 0 Å². The Morgan fingerprint density at radius 3 is 2.36 bits per heavy atom. The van der Waals surface area contributed by atoms with Crippen molar-refractivity contribution in [3.8, 4) is 0 Å². The topological polar surface area (TPSA) is 58.6 Å². The third-order valence-corrected chi connectivity index (χ3v) is 1.27. The molecule has 0 aromatic rings. The van der Waals surface area contributed by atoms with Crippen LogP contribution in [0.1, 0.15) is 13.8 Å². The third-order valence-electron chi connectivity index (χ3n) is 1.27. The van der Waals surface area contributed by atoms with E-state index in [2.05, 4.69) is 0 Å². The molecule has 1 heterocycles. The summed E-state index contributed by atoms with van der Waals surface area (Å²) in [6.07, 6.45) is -0.907. The molecule has 0 amide bonds. The van der Waals surface area contributed by atoms with Crippen LogP contribution >= 0.6 is 0 Å². The summed E-state index contributed by atoms with van der Waals surface area (Å²) in [5.41, 5.74) is 0. The summed E-state index contributed by atoms with van der Waals surface area (Å²) in [6.45, 7) is 3.40. The standard InChI is InChI=1S/C6H10O4.Na/c1-6(2)9-3-4(10-6)5(7)8;/h4H,3H2,1-2H3,(H,7,8);/q;+1/p-1/t4-;/m1./s1. The maximum absolute atomic E-state index is 10.2. The molecule has 4 nitrogen and oxygen atoms in total. The van der Waals surface area contributed by atoms with Crippen LogP contribution in [0.15, 0.2) is 0 Å². The second-order valence-electron chi connectivity index (χ2n) is 2.64. The Bertz CT molecular complexity index is 157. The minimum Gasteiger partial charge on any atom is -0.547 e. The fourth-order valence-corrected chi connectivity index (χ4v) is 0.803. The number of carboxylic acid groups (broad SMARTS) is 1. The zero-order chi connectivity index (χ0) is 7.78. The summed E-state index contributed by atoms with van der Waals surface area (Å²) < 4.78 is 9.90. The van der Waals surface area contributed by atoms with Crippen LogP contribution < -0.4 is 34.7 Å². The van der Waals surface area contributed by atoms with Crippen molar-refractivity contribution in [2.75, 3.05) is 6.61 Å². The summed E-state index contributed by atoms with van der Waals surface area (Å²) in [4.78, 5) is 10.2. The summed E-state index contributed by atoms with van der Waals surface area (Å²) in [5, 5.41) is 10.2. The molecule has 11 heavy (non-hydrogen) atoms. The molecule has 0 N–H and O–H groups in total. The van der Waals surface area contributed by atoms with Crippen LogP contribution in [0.25, 0.3) is 0 Å². The van der Waals surface area contributed by atoms with Gasteiger partial charge in [0.25, 0.3) is 0 Å². The van der Waals surface area contributed by atoms with Crippen molar-refractivity contribution in [2.24, 2.45) is 0 Å². The zero-order valence-corrected chi connectivity index (χ0v) is 8.92. The van der Waals surface area contributed by atoms with Crippen LogP contribution in [0.3, 0.4) is 0 Å². The molecule has 0 radical (unpaired) electrons. The van der Waals surface area contributed by atoms with Gasteiger partial charge < -0.3 is 19.4 Å². The minimum atomic E-state index is -1.22. The normalized spacial score (nSPS) is 27.6. The first-order chi connectivity index (χ1) is 4.51. The van der Waals surface area contributed by atoms with E-state index in [4.69, 9.17) is 9.47 Å². The molecule has 1 atom stereocenters. The molecule has 5 heteroatoms. The maximum atomic E-state index is 10.2. The van der Waals surface area contributed by atoms with Crippen LogP contribution in [0.4, 0.5) is 0 Å². The zero-order valence-electron chi connectivity index (χ0n) is 6.92. The van der Waals surface area contributed by atoms with E-state index < -0.39 is 17.9 Å². The van der Waals surface area contributed by atoms with E-state index in [0.29, 0.717) is 0 Å². The summed E-state index contributed by atoms with van der Waals surface area (Å²) in [5.74, 6) is -1.99. The van der Waals surface area contributed by atoms with E-state index in [9.17, 15) is 9.90 Å². The van der Waals surface area contributed by atoms with Crippen LogP contribution in [0.5, 0.6) is 0 Å². The fraction of sp³-hybridized carbons (Fsp3) is 0.833. The van der Waals surface area contributed by atoms with E-state index >= 15 is 0 Å². The first-order valence-corrected chi connectivity index (χ1v) is 3.04. The van der Waals surface area contributed by atoms with E-state index in [1.807, 2.05) is 0 Å². The van der Waals surface area contributed by atoms with Crippen molar-refractivity contribution in [3.63, 3.8) is 0 Å². The largest absolute Gasteiger partial charge is 1.00 e. The Labute approximate surface area is 87.2 Å². The molecule has 1 aliphatic heterocycles. The number of rotatable bonds is 1. The fourth-order valence-electron chi connectivity index (χ4n) is 0.803. The number of carbonyl (C=O) groups is 1. The van der Waals surface area contributed by atoms with Gasteiger partial charge in [-0.2, -0.15) is 0 Å². The van der Waals surface area contributed by atoms with Gasteiger partial charge in [0.15, 0.2) is 5.79 Å². The summed E-state index contributed by atoms with van der Waals surface area (Å²) in [7, 11) is 0. The predicted octanol–water partition coefficient (Wildman–Crippen LogP) is -4.11. The van der Waals surface area contributed by atoms with Gasteiger partial charge in [-0.3, -0.25) is 0 Å². The average molecular weight is 168 g/mol. The maximum Gasteiger partial charge on any atom is 1.00 e. The average Bonchev–Trinajstić information content (AvgIpc) is 2.10. The van der Waals surface area contributed by atoms with Gasteiger partial charge in [0.1, 0.15) is 6.10 Å². The Balaban J connectivity index is 0.000001000. The minimum absolute atomic E-state index is 0. The van der Waals surface area contributed by atoms with Gasteiger partial charge >= 0.3 is 29.6 Å². The molecule has 1 fully saturated rings. The molecule has 1 aliphatic rings. The monoisotopic (exact) mass is 168 g/mol. The SMILES string of the molecule is CC1(C)OC[C@H](C(=O)[O-])O1.[Na+]. The molecule has 0 saturated carbocycles. The molecular formula is C6H9NaO4. The van der Waals surface area contributed by atoms with Crippen LogP contribution in [-0.2, 0) is 14.3 Å². The molecule has 1 saturated heterocycles. The Morgan fingerprint density at radius 2 is 2.18 bits per heavy atom. The Kier molecular flexibility index (Phi) is 4.00. The first-order valence-electron chi connectivity index (χ1n) is 3.04. The number of aliphatic carboxylic acids is 1. The van der Waals surface area contributed by atoms with E-state index in [1.165, 1.54) is 0 Å². The van der Waals surface area contributed by atoms with E-state index in [0.717, 1.165) is 0 Å². The van der Waals surface area contributed by atoms with Crippen molar-refractivity contribution < 1.29 is 48.9 Å². The molecule has 0 aromatic carbocycles. The van der Waals surface area contributed by atoms with Crippen molar-refractivity contribution in [2.45, 2.75) is 25.7 Å². The molecular weight excluding hydrogens is 159 g/mol. The molecule has 0 spiro atoms. The summed E-state index contributed by atoms with van der Waals surface area (Å²) in [6, 6.07) is 0. The van der Waals surface area contributed by atoms with Crippen molar-refractivity contribution in [3.05, 3.63) is 0 Å². The van der Waals surface area contributed by atoms with Crippen molar-refractivity contribution in [1.29, 1.82) is 0 Å². The van der Waals surface area contributed by atoms with E-state index in [-0.39, 0.29) is 36.2 Å². The number of ether oxygens (including phenoxy) is 2. The van der Waals surface area contributed by atoms with Gasteiger partial charge in [0.2, 0.25) is 0 Å². The second-order valence-corrected chi connectivity index (χ2v) is 2.64. The quantitative estimate of drug-likeness (QED) is 0.373. The molecule has 1 rings (SSSR count). The van der Waals surface area contributed by atoms with Gasteiger partial charge in [0, 0.05) is 0 Å². The smallest absolute Gasteiger partial charge is 0.547 e. The van der Waals surface area contributed by atoms with Crippen molar-refractivity contribution >= 4 is 5.97 Å². The number of hydrogen-bond acceptors (Lipinski definition) is 4.